The first kappa shape index (κ1) is 11.1. The monoisotopic (exact) mass is 244 g/mol. The highest BCUT2D eigenvalue weighted by Crippen LogP contribution is 2.32. The molecule has 1 saturated carbocycles. The van der Waals surface area contributed by atoms with E-state index in [9.17, 15) is 0 Å². The van der Waals surface area contributed by atoms with Gasteiger partial charge in [-0.15, -0.1) is 0 Å². The van der Waals surface area contributed by atoms with Crippen LogP contribution >= 0.6 is 23.2 Å². The van der Waals surface area contributed by atoms with Crippen molar-refractivity contribution in [2.45, 2.75) is 38.7 Å². The van der Waals surface area contributed by atoms with Gasteiger partial charge in [0.05, 0.1) is 16.1 Å². The van der Waals surface area contributed by atoms with Crippen molar-refractivity contribution >= 4 is 23.2 Å². The normalized spacial score (nSPS) is 17.0. The van der Waals surface area contributed by atoms with E-state index in [2.05, 4.69) is 0 Å². The maximum absolute atomic E-state index is 5.96. The first-order chi connectivity index (χ1) is 7.16. The molecule has 0 unspecified atom stereocenters. The van der Waals surface area contributed by atoms with Gasteiger partial charge in [0, 0.05) is 6.07 Å². The van der Waals surface area contributed by atoms with E-state index in [1.165, 1.54) is 12.8 Å². The lowest BCUT2D eigenvalue weighted by Crippen LogP contribution is -2.11. The van der Waals surface area contributed by atoms with Crippen molar-refractivity contribution in [3.8, 4) is 5.75 Å². The van der Waals surface area contributed by atoms with Gasteiger partial charge in [0.2, 0.25) is 0 Å². The Morgan fingerprint density at radius 1 is 1.13 bits per heavy atom. The molecule has 1 aliphatic carbocycles. The average molecular weight is 245 g/mol. The first-order valence-corrected chi connectivity index (χ1v) is 6.04. The number of halogens is 2. The molecule has 0 saturated heterocycles. The van der Waals surface area contributed by atoms with E-state index in [1.807, 2.05) is 19.1 Å². The maximum Gasteiger partial charge on any atom is 0.124 e. The average Bonchev–Trinajstić information content (AvgIpc) is 2.67. The summed E-state index contributed by atoms with van der Waals surface area (Å²) in [5, 5.41) is 1.16. The lowest BCUT2D eigenvalue weighted by molar-refractivity contribution is 0.208. The van der Waals surface area contributed by atoms with E-state index < -0.39 is 0 Å². The number of hydrogen-bond donors (Lipinski definition) is 0. The summed E-state index contributed by atoms with van der Waals surface area (Å²) in [6.07, 6.45) is 5.20. The highest BCUT2D eigenvalue weighted by Gasteiger charge is 2.17. The van der Waals surface area contributed by atoms with E-state index in [0.29, 0.717) is 16.1 Å². The predicted octanol–water partition coefficient (Wildman–Crippen LogP) is 4.62. The summed E-state index contributed by atoms with van der Waals surface area (Å²) in [4.78, 5) is 0. The number of rotatable bonds is 2. The summed E-state index contributed by atoms with van der Waals surface area (Å²) in [6.45, 7) is 1.99. The molecule has 0 bridgehead atoms. The van der Waals surface area contributed by atoms with Crippen molar-refractivity contribution in [2.75, 3.05) is 0 Å². The maximum atomic E-state index is 5.96. The van der Waals surface area contributed by atoms with Crippen LogP contribution in [-0.4, -0.2) is 6.10 Å². The first-order valence-electron chi connectivity index (χ1n) is 5.29. The second-order valence-electron chi connectivity index (χ2n) is 4.06. The minimum absolute atomic E-state index is 0.362. The number of aryl methyl sites for hydroxylation is 1. The Bertz CT molecular complexity index is 357. The molecule has 3 heteroatoms. The van der Waals surface area contributed by atoms with Gasteiger partial charge in [0.25, 0.3) is 0 Å². The Labute approximate surface area is 100 Å². The molecule has 1 aliphatic rings. The fourth-order valence-corrected chi connectivity index (χ4v) is 2.31. The van der Waals surface area contributed by atoms with Crippen LogP contribution in [0.25, 0.3) is 0 Å². The largest absolute Gasteiger partial charge is 0.490 e. The summed E-state index contributed by atoms with van der Waals surface area (Å²) in [6, 6.07) is 3.67. The highest BCUT2D eigenvalue weighted by molar-refractivity contribution is 6.42. The molecular weight excluding hydrogens is 231 g/mol. The molecule has 0 N–H and O–H groups in total. The van der Waals surface area contributed by atoms with Crippen LogP contribution in [0, 0.1) is 6.92 Å². The molecule has 0 radical (unpaired) electrons. The Balaban J connectivity index is 2.16. The van der Waals surface area contributed by atoms with Crippen molar-refractivity contribution < 1.29 is 4.74 Å². The van der Waals surface area contributed by atoms with Gasteiger partial charge < -0.3 is 4.74 Å². The molecule has 82 valence electrons. The zero-order valence-corrected chi connectivity index (χ0v) is 10.2. The molecule has 1 nitrogen and oxygen atoms in total. The van der Waals surface area contributed by atoms with Gasteiger partial charge in [-0.05, 0) is 44.2 Å². The van der Waals surface area contributed by atoms with Crippen LogP contribution in [0.1, 0.15) is 31.2 Å². The molecule has 1 aromatic carbocycles. The van der Waals surface area contributed by atoms with Crippen molar-refractivity contribution in [2.24, 2.45) is 0 Å². The standard InChI is InChI=1S/C12H14Cl2O/c1-8-6-10(13)11(14)7-12(8)15-9-4-2-3-5-9/h6-7,9H,2-5H2,1H3. The van der Waals surface area contributed by atoms with Crippen molar-refractivity contribution in [1.29, 1.82) is 0 Å². The van der Waals surface area contributed by atoms with Crippen LogP contribution in [0.3, 0.4) is 0 Å². The topological polar surface area (TPSA) is 9.23 Å². The van der Waals surface area contributed by atoms with Crippen molar-refractivity contribution in [1.82, 2.24) is 0 Å². The lowest BCUT2D eigenvalue weighted by Gasteiger charge is -2.15. The molecule has 0 atom stereocenters. The van der Waals surface area contributed by atoms with E-state index in [1.54, 1.807) is 0 Å². The zero-order chi connectivity index (χ0) is 10.8. The highest BCUT2D eigenvalue weighted by atomic mass is 35.5. The van der Waals surface area contributed by atoms with Gasteiger partial charge in [-0.25, -0.2) is 0 Å². The summed E-state index contributed by atoms with van der Waals surface area (Å²) in [5.41, 5.74) is 1.05. The third kappa shape index (κ3) is 2.59. The lowest BCUT2D eigenvalue weighted by atomic mass is 10.2. The minimum atomic E-state index is 0.362. The third-order valence-corrected chi connectivity index (χ3v) is 3.54. The Hall–Kier alpha value is -0.400. The smallest absolute Gasteiger partial charge is 0.124 e. The summed E-state index contributed by atoms with van der Waals surface area (Å²) < 4.78 is 5.90. The fraction of sp³-hybridized carbons (Fsp3) is 0.500. The Morgan fingerprint density at radius 3 is 2.40 bits per heavy atom. The third-order valence-electron chi connectivity index (χ3n) is 2.81. The molecule has 0 spiro atoms. The van der Waals surface area contributed by atoms with Crippen molar-refractivity contribution in [3.05, 3.63) is 27.7 Å². The second kappa shape index (κ2) is 4.63. The molecule has 0 aliphatic heterocycles. The minimum Gasteiger partial charge on any atom is -0.490 e. The Kier molecular flexibility index (Phi) is 3.42. The van der Waals surface area contributed by atoms with Crippen LogP contribution in [0.5, 0.6) is 5.75 Å². The predicted molar refractivity (Wildman–Crippen MR) is 64.1 cm³/mol. The molecule has 0 heterocycles. The van der Waals surface area contributed by atoms with Crippen molar-refractivity contribution in [3.63, 3.8) is 0 Å². The van der Waals surface area contributed by atoms with Gasteiger partial charge in [-0.3, -0.25) is 0 Å². The molecular formula is C12H14Cl2O. The Morgan fingerprint density at radius 2 is 1.73 bits per heavy atom. The van der Waals surface area contributed by atoms with E-state index >= 15 is 0 Å². The molecule has 2 rings (SSSR count). The van der Waals surface area contributed by atoms with E-state index in [4.69, 9.17) is 27.9 Å². The van der Waals surface area contributed by atoms with Gasteiger partial charge >= 0.3 is 0 Å². The summed E-state index contributed by atoms with van der Waals surface area (Å²) >= 11 is 11.9. The number of hydrogen-bond acceptors (Lipinski definition) is 1. The van der Waals surface area contributed by atoms with Crippen LogP contribution in [-0.2, 0) is 0 Å². The molecule has 15 heavy (non-hydrogen) atoms. The quantitative estimate of drug-likeness (QED) is 0.738. The second-order valence-corrected chi connectivity index (χ2v) is 4.87. The van der Waals surface area contributed by atoms with Gasteiger partial charge in [0.1, 0.15) is 5.75 Å². The number of ether oxygens (including phenoxy) is 1. The molecule has 0 aromatic heterocycles. The fourth-order valence-electron chi connectivity index (χ4n) is 1.94. The molecule has 1 aromatic rings. The van der Waals surface area contributed by atoms with E-state index in [0.717, 1.165) is 24.2 Å². The summed E-state index contributed by atoms with van der Waals surface area (Å²) in [7, 11) is 0. The number of benzene rings is 1. The van der Waals surface area contributed by atoms with Crippen LogP contribution in [0.2, 0.25) is 10.0 Å². The van der Waals surface area contributed by atoms with Crippen LogP contribution < -0.4 is 4.74 Å². The van der Waals surface area contributed by atoms with Gasteiger partial charge in [0.15, 0.2) is 0 Å². The summed E-state index contributed by atoms with van der Waals surface area (Å²) in [5.74, 6) is 0.872. The van der Waals surface area contributed by atoms with E-state index in [-0.39, 0.29) is 0 Å². The molecule has 1 fully saturated rings. The van der Waals surface area contributed by atoms with Crippen LogP contribution in [0.15, 0.2) is 12.1 Å². The van der Waals surface area contributed by atoms with Gasteiger partial charge in [-0.2, -0.15) is 0 Å². The molecule has 0 amide bonds. The zero-order valence-electron chi connectivity index (χ0n) is 8.72. The van der Waals surface area contributed by atoms with Gasteiger partial charge in [-0.1, -0.05) is 23.2 Å². The van der Waals surface area contributed by atoms with Crippen LogP contribution in [0.4, 0.5) is 0 Å². The SMILES string of the molecule is Cc1cc(Cl)c(Cl)cc1OC1CCCC1.